The van der Waals surface area contributed by atoms with Crippen molar-refractivity contribution in [3.05, 3.63) is 96.1 Å². The van der Waals surface area contributed by atoms with Crippen molar-refractivity contribution in [2.24, 2.45) is 11.7 Å². The summed E-state index contributed by atoms with van der Waals surface area (Å²) in [5, 5.41) is 2.19. The largest absolute Gasteiger partial charge is 0.341 e. The summed E-state index contributed by atoms with van der Waals surface area (Å²) in [4.78, 5) is 50.0. The average Bonchev–Trinajstić information content (AvgIpc) is 3.07. The van der Waals surface area contributed by atoms with E-state index < -0.39 is 12.1 Å². The molecule has 256 valence electrons. The van der Waals surface area contributed by atoms with E-state index in [0.29, 0.717) is 38.3 Å². The third kappa shape index (κ3) is 8.91. The number of nitrogens with zero attached hydrogens (tertiary/aromatic N) is 4. The fourth-order valence-corrected chi connectivity index (χ4v) is 7.24. The molecule has 3 amide bonds. The highest BCUT2D eigenvalue weighted by molar-refractivity contribution is 5.95. The summed E-state index contributed by atoms with van der Waals surface area (Å²) in [5.74, 6) is -0.151. The van der Waals surface area contributed by atoms with Crippen LogP contribution in [0.2, 0.25) is 0 Å². The number of fused-ring (bicyclic) bond motifs is 1. The van der Waals surface area contributed by atoms with Gasteiger partial charge in [-0.2, -0.15) is 0 Å². The number of carbonyl (C=O) groups excluding carboxylic acids is 3. The Labute approximate surface area is 286 Å². The van der Waals surface area contributed by atoms with E-state index in [1.165, 1.54) is 4.90 Å². The number of hydrogen-bond donors (Lipinski definition) is 1. The summed E-state index contributed by atoms with van der Waals surface area (Å²) >= 11 is 0. The van der Waals surface area contributed by atoms with Gasteiger partial charge in [0.1, 0.15) is 12.1 Å². The molecule has 8 heteroatoms. The number of likely N-dealkylation sites (N-methyl/N-ethyl adjacent to an activating group) is 2. The molecular weight excluding hydrogens is 598 g/mol. The normalized spacial score (nSPS) is 18.8. The van der Waals surface area contributed by atoms with Crippen molar-refractivity contribution >= 4 is 28.5 Å². The smallest absolute Gasteiger partial charge is 0.246 e. The predicted octanol–water partition coefficient (Wildman–Crippen LogP) is 4.91. The standard InChI is InChI=1S/C40H53N5O3/c1-42(2)28-32-15-11-24-45(29-32)39(48)36(26-30-13-6-5-7-14-30)44(4)38(47)35(27-31-19-20-33-16-8-9-17-34(33)25-31)43(3)37(46)18-10-21-40(41)22-12-23-40/h5-10,13-14,16-20,25,32,35-36H,11-12,15,21-24,26-29,41H2,1-4H3/b18-10+/t32-,35+,36?/m0/s1. The van der Waals surface area contributed by atoms with Gasteiger partial charge in [-0.25, -0.2) is 0 Å². The predicted molar refractivity (Wildman–Crippen MR) is 193 cm³/mol. The highest BCUT2D eigenvalue weighted by Crippen LogP contribution is 2.32. The number of piperidine rings is 1. The maximum atomic E-state index is 14.7. The second kappa shape index (κ2) is 15.9. The van der Waals surface area contributed by atoms with Crippen molar-refractivity contribution in [2.45, 2.75) is 69.0 Å². The minimum atomic E-state index is -0.808. The number of hydrogen-bond acceptors (Lipinski definition) is 5. The second-order valence-electron chi connectivity index (χ2n) is 14.4. The molecule has 1 saturated heterocycles. The maximum Gasteiger partial charge on any atom is 0.246 e. The van der Waals surface area contributed by atoms with E-state index in [4.69, 9.17) is 5.73 Å². The molecular formula is C40H53N5O3. The van der Waals surface area contributed by atoms with Crippen molar-refractivity contribution in [2.75, 3.05) is 47.8 Å². The molecule has 2 aliphatic rings. The average molecular weight is 652 g/mol. The molecule has 3 atom stereocenters. The minimum Gasteiger partial charge on any atom is -0.341 e. The Morgan fingerprint density at radius 2 is 1.54 bits per heavy atom. The lowest BCUT2D eigenvalue weighted by molar-refractivity contribution is -0.150. The lowest BCUT2D eigenvalue weighted by Gasteiger charge is -2.39. The zero-order valence-corrected chi connectivity index (χ0v) is 29.2. The fourth-order valence-electron chi connectivity index (χ4n) is 7.24. The minimum absolute atomic E-state index is 0.0368. The first-order valence-corrected chi connectivity index (χ1v) is 17.5. The second-order valence-corrected chi connectivity index (χ2v) is 14.4. The number of carbonyl (C=O) groups is 3. The lowest BCUT2D eigenvalue weighted by atomic mass is 9.75. The summed E-state index contributed by atoms with van der Waals surface area (Å²) < 4.78 is 0. The van der Waals surface area contributed by atoms with Gasteiger partial charge < -0.3 is 25.3 Å². The Hall–Kier alpha value is -4.01. The van der Waals surface area contributed by atoms with Crippen LogP contribution in [-0.2, 0) is 27.2 Å². The third-order valence-corrected chi connectivity index (χ3v) is 10.3. The Morgan fingerprint density at radius 1 is 0.854 bits per heavy atom. The van der Waals surface area contributed by atoms with Gasteiger partial charge in [-0.15, -0.1) is 0 Å². The zero-order chi connectivity index (χ0) is 34.3. The van der Waals surface area contributed by atoms with Gasteiger partial charge in [-0.1, -0.05) is 78.9 Å². The van der Waals surface area contributed by atoms with Crippen molar-refractivity contribution in [1.82, 2.24) is 19.6 Å². The van der Waals surface area contributed by atoms with Gasteiger partial charge in [0.05, 0.1) is 0 Å². The first kappa shape index (κ1) is 35.3. The molecule has 0 spiro atoms. The molecule has 8 nitrogen and oxygen atoms in total. The van der Waals surface area contributed by atoms with Crippen molar-refractivity contribution in [3.8, 4) is 0 Å². The lowest BCUT2D eigenvalue weighted by Crippen LogP contribution is -2.57. The van der Waals surface area contributed by atoms with E-state index in [2.05, 4.69) is 43.3 Å². The Morgan fingerprint density at radius 3 is 2.23 bits per heavy atom. The van der Waals surface area contributed by atoms with Gasteiger partial charge in [0.2, 0.25) is 17.7 Å². The van der Waals surface area contributed by atoms with Gasteiger partial charge >= 0.3 is 0 Å². The van der Waals surface area contributed by atoms with Gasteiger partial charge in [-0.05, 0) is 86.5 Å². The van der Waals surface area contributed by atoms with Gasteiger partial charge in [0.25, 0.3) is 0 Å². The van der Waals surface area contributed by atoms with Crippen molar-refractivity contribution in [1.29, 1.82) is 0 Å². The van der Waals surface area contributed by atoms with Crippen LogP contribution in [0.25, 0.3) is 10.8 Å². The Balaban J connectivity index is 1.43. The molecule has 5 rings (SSSR count). The molecule has 0 bridgehead atoms. The molecule has 1 aliphatic heterocycles. The Bertz CT molecular complexity index is 1580. The molecule has 1 heterocycles. The summed E-state index contributed by atoms with van der Waals surface area (Å²) in [7, 11) is 7.55. The molecule has 1 saturated carbocycles. The van der Waals surface area contributed by atoms with E-state index in [-0.39, 0.29) is 23.3 Å². The topological polar surface area (TPSA) is 90.2 Å². The molecule has 2 fully saturated rings. The van der Waals surface area contributed by atoms with Crippen LogP contribution in [0.1, 0.15) is 49.7 Å². The van der Waals surface area contributed by atoms with Crippen LogP contribution in [0.4, 0.5) is 0 Å². The van der Waals surface area contributed by atoms with E-state index in [1.54, 1.807) is 25.1 Å². The molecule has 0 aromatic heterocycles. The molecule has 1 aliphatic carbocycles. The number of likely N-dealkylation sites (tertiary alicyclic amines) is 1. The van der Waals surface area contributed by atoms with Gasteiger partial charge in [0, 0.05) is 52.1 Å². The summed E-state index contributed by atoms with van der Waals surface area (Å²) in [6, 6.07) is 22.7. The van der Waals surface area contributed by atoms with Crippen LogP contribution < -0.4 is 5.73 Å². The summed E-state index contributed by atoms with van der Waals surface area (Å²) in [5.41, 5.74) is 8.11. The van der Waals surface area contributed by atoms with Crippen molar-refractivity contribution in [3.63, 3.8) is 0 Å². The maximum absolute atomic E-state index is 14.7. The quantitative estimate of drug-likeness (QED) is 0.266. The van der Waals surface area contributed by atoms with Crippen molar-refractivity contribution < 1.29 is 14.4 Å². The number of rotatable bonds is 13. The zero-order valence-electron chi connectivity index (χ0n) is 29.2. The molecule has 3 aromatic rings. The fraction of sp³-hybridized carbons (Fsp3) is 0.475. The number of nitrogens with two attached hydrogens (primary N) is 1. The molecule has 48 heavy (non-hydrogen) atoms. The van der Waals surface area contributed by atoms with Crippen LogP contribution in [0.3, 0.4) is 0 Å². The summed E-state index contributed by atoms with van der Waals surface area (Å²) in [6.07, 6.45) is 9.81. The van der Waals surface area contributed by atoms with E-state index in [0.717, 1.165) is 60.5 Å². The first-order valence-electron chi connectivity index (χ1n) is 17.5. The SMILES string of the molecule is CN(C)C[C@@H]1CCCN(C(=O)C(Cc2ccccc2)N(C)C(=O)[C@@H](Cc2ccc3ccccc3c2)N(C)C(=O)/C=C/CC2(N)CCC2)C1. The van der Waals surface area contributed by atoms with E-state index in [1.807, 2.05) is 59.5 Å². The number of benzene rings is 3. The van der Waals surface area contributed by atoms with Gasteiger partial charge in [0.15, 0.2) is 0 Å². The highest BCUT2D eigenvalue weighted by Gasteiger charge is 2.38. The molecule has 2 N–H and O–H groups in total. The molecule has 3 aromatic carbocycles. The summed E-state index contributed by atoms with van der Waals surface area (Å²) in [6.45, 7) is 2.28. The number of amides is 3. The van der Waals surface area contributed by atoms with Crippen LogP contribution in [-0.4, -0.2) is 103 Å². The third-order valence-electron chi connectivity index (χ3n) is 10.3. The van der Waals surface area contributed by atoms with Crippen LogP contribution in [0.15, 0.2) is 84.9 Å². The highest BCUT2D eigenvalue weighted by atomic mass is 16.2. The van der Waals surface area contributed by atoms with E-state index in [9.17, 15) is 14.4 Å². The Kier molecular flexibility index (Phi) is 11.7. The van der Waals surface area contributed by atoms with Crippen LogP contribution >= 0.6 is 0 Å². The van der Waals surface area contributed by atoms with E-state index >= 15 is 0 Å². The van der Waals surface area contributed by atoms with Gasteiger partial charge in [-0.3, -0.25) is 14.4 Å². The molecule has 0 radical (unpaired) electrons. The first-order chi connectivity index (χ1) is 23.0. The van der Waals surface area contributed by atoms with Crippen LogP contribution in [0, 0.1) is 5.92 Å². The monoisotopic (exact) mass is 651 g/mol. The van der Waals surface area contributed by atoms with Crippen LogP contribution in [0.5, 0.6) is 0 Å². The molecule has 1 unspecified atom stereocenters.